The van der Waals surface area contributed by atoms with Crippen molar-refractivity contribution in [3.63, 3.8) is 0 Å². The third kappa shape index (κ3) is 3.00. The van der Waals surface area contributed by atoms with E-state index in [4.69, 9.17) is 5.73 Å². The molecule has 0 amide bonds. The molecule has 1 aromatic rings. The topological polar surface area (TPSA) is 65.9 Å². The molecule has 0 aromatic carbocycles. The fourth-order valence-electron chi connectivity index (χ4n) is 3.60. The summed E-state index contributed by atoms with van der Waals surface area (Å²) < 4.78 is 39.5. The van der Waals surface area contributed by atoms with Crippen molar-refractivity contribution in [3.8, 4) is 6.07 Å². The largest absolute Gasteiger partial charge is 0.393 e. The lowest BCUT2D eigenvalue weighted by atomic mass is 9.95. The van der Waals surface area contributed by atoms with Crippen LogP contribution in [0, 0.1) is 23.2 Å². The molecule has 2 aliphatic rings. The third-order valence-electron chi connectivity index (χ3n) is 4.86. The van der Waals surface area contributed by atoms with Crippen LogP contribution in [-0.4, -0.2) is 30.8 Å². The van der Waals surface area contributed by atoms with Crippen LogP contribution in [0.2, 0.25) is 0 Å². The quantitative estimate of drug-likeness (QED) is 0.907. The Labute approximate surface area is 133 Å². The second kappa shape index (κ2) is 6.00. The van der Waals surface area contributed by atoms with Crippen LogP contribution in [0.5, 0.6) is 0 Å². The van der Waals surface area contributed by atoms with E-state index in [1.165, 1.54) is 0 Å². The zero-order valence-corrected chi connectivity index (χ0v) is 12.7. The second-order valence-corrected chi connectivity index (χ2v) is 6.33. The molecule has 1 aliphatic carbocycles. The van der Waals surface area contributed by atoms with Crippen molar-refractivity contribution in [2.24, 2.45) is 17.6 Å². The maximum Gasteiger partial charge on any atom is 0.393 e. The molecule has 2 heterocycles. The highest BCUT2D eigenvalue weighted by atomic mass is 19.4. The summed E-state index contributed by atoms with van der Waals surface area (Å²) in [6.07, 6.45) is -0.478. The summed E-state index contributed by atoms with van der Waals surface area (Å²) in [6.45, 7) is 0.000477. The van der Waals surface area contributed by atoms with Crippen LogP contribution in [0.4, 0.5) is 19.0 Å². The van der Waals surface area contributed by atoms with Crippen LogP contribution in [0.15, 0.2) is 6.07 Å². The molecule has 1 fully saturated rings. The van der Waals surface area contributed by atoms with Crippen LogP contribution in [0.1, 0.15) is 29.7 Å². The highest BCUT2D eigenvalue weighted by Gasteiger charge is 2.49. The number of nitrogens with two attached hydrogens (primary N) is 1. The number of aryl methyl sites for hydroxylation is 2. The molecule has 1 aromatic heterocycles. The van der Waals surface area contributed by atoms with Gasteiger partial charge in [-0.2, -0.15) is 18.4 Å². The van der Waals surface area contributed by atoms with Crippen LogP contribution >= 0.6 is 0 Å². The number of anilines is 1. The standard InChI is InChI=1S/C16H19F3N4/c17-16(18,19)13-9-23(8-12(13)7-21)15-11(6-20)5-10-3-1-2-4-14(10)22-15/h5,12-13H,1-4,7-9,21H2. The Morgan fingerprint density at radius 1 is 1.30 bits per heavy atom. The van der Waals surface area contributed by atoms with Gasteiger partial charge in [0.25, 0.3) is 0 Å². The fraction of sp³-hybridized carbons (Fsp3) is 0.625. The van der Waals surface area contributed by atoms with E-state index in [0.717, 1.165) is 36.9 Å². The molecule has 23 heavy (non-hydrogen) atoms. The van der Waals surface area contributed by atoms with Gasteiger partial charge in [0, 0.05) is 24.7 Å². The Morgan fingerprint density at radius 2 is 2.04 bits per heavy atom. The first-order chi connectivity index (χ1) is 10.9. The number of alkyl halides is 3. The van der Waals surface area contributed by atoms with Gasteiger partial charge in [-0.05, 0) is 43.9 Å². The van der Waals surface area contributed by atoms with E-state index in [9.17, 15) is 18.4 Å². The van der Waals surface area contributed by atoms with Gasteiger partial charge in [0.05, 0.1) is 11.5 Å². The predicted octanol–water partition coefficient (Wildman–Crippen LogP) is 2.41. The molecule has 3 rings (SSSR count). The second-order valence-electron chi connectivity index (χ2n) is 6.33. The normalized spacial score (nSPS) is 24.4. The number of hydrogen-bond acceptors (Lipinski definition) is 4. The van der Waals surface area contributed by atoms with Crippen molar-refractivity contribution in [2.45, 2.75) is 31.9 Å². The zero-order chi connectivity index (χ0) is 16.6. The first-order valence-electron chi connectivity index (χ1n) is 7.88. The van der Waals surface area contributed by atoms with E-state index < -0.39 is 18.0 Å². The van der Waals surface area contributed by atoms with Crippen LogP contribution in [0.25, 0.3) is 0 Å². The fourth-order valence-corrected chi connectivity index (χ4v) is 3.60. The lowest BCUT2D eigenvalue weighted by Gasteiger charge is -2.23. The summed E-state index contributed by atoms with van der Waals surface area (Å²) in [6, 6.07) is 3.89. The molecule has 1 saturated heterocycles. The summed E-state index contributed by atoms with van der Waals surface area (Å²) in [5.74, 6) is -1.73. The van der Waals surface area contributed by atoms with Gasteiger partial charge in [-0.1, -0.05) is 0 Å². The van der Waals surface area contributed by atoms with E-state index in [-0.39, 0.29) is 19.6 Å². The van der Waals surface area contributed by atoms with Gasteiger partial charge in [0.1, 0.15) is 11.9 Å². The number of hydrogen-bond donors (Lipinski definition) is 1. The molecule has 7 heteroatoms. The van der Waals surface area contributed by atoms with Crippen molar-refractivity contribution in [3.05, 3.63) is 22.9 Å². The van der Waals surface area contributed by atoms with Crippen molar-refractivity contribution >= 4 is 5.82 Å². The molecular weight excluding hydrogens is 305 g/mol. The first-order valence-corrected chi connectivity index (χ1v) is 7.88. The smallest absolute Gasteiger partial charge is 0.355 e. The van der Waals surface area contributed by atoms with Crippen LogP contribution in [-0.2, 0) is 12.8 Å². The SMILES string of the molecule is N#Cc1cc2c(nc1N1CC(CN)C(C(F)(F)F)C1)CCCC2. The lowest BCUT2D eigenvalue weighted by Crippen LogP contribution is -2.33. The predicted molar refractivity (Wildman–Crippen MR) is 79.9 cm³/mol. The average Bonchev–Trinajstić information content (AvgIpc) is 2.98. The van der Waals surface area contributed by atoms with Gasteiger partial charge in [-0.3, -0.25) is 0 Å². The minimum atomic E-state index is -4.28. The maximum absolute atomic E-state index is 13.2. The summed E-state index contributed by atoms with van der Waals surface area (Å²) >= 11 is 0. The maximum atomic E-state index is 13.2. The summed E-state index contributed by atoms with van der Waals surface area (Å²) in [4.78, 5) is 6.13. The number of aromatic nitrogens is 1. The van der Waals surface area contributed by atoms with Gasteiger partial charge in [-0.15, -0.1) is 0 Å². The van der Waals surface area contributed by atoms with Gasteiger partial charge in [0.15, 0.2) is 0 Å². The van der Waals surface area contributed by atoms with E-state index >= 15 is 0 Å². The van der Waals surface area contributed by atoms with Crippen molar-refractivity contribution in [1.82, 2.24) is 4.98 Å². The molecule has 4 nitrogen and oxygen atoms in total. The number of nitriles is 1. The molecule has 0 bridgehead atoms. The van der Waals surface area contributed by atoms with Gasteiger partial charge >= 0.3 is 6.18 Å². The summed E-state index contributed by atoms with van der Waals surface area (Å²) in [5.41, 5.74) is 7.87. The Bertz CT molecular complexity index is 635. The molecule has 124 valence electrons. The van der Waals surface area contributed by atoms with Crippen LogP contribution in [0.3, 0.4) is 0 Å². The van der Waals surface area contributed by atoms with Crippen molar-refractivity contribution in [1.29, 1.82) is 5.26 Å². The molecule has 2 atom stereocenters. The monoisotopic (exact) mass is 324 g/mol. The van der Waals surface area contributed by atoms with E-state index in [0.29, 0.717) is 11.4 Å². The Balaban J connectivity index is 1.94. The molecule has 1 aliphatic heterocycles. The summed E-state index contributed by atoms with van der Waals surface area (Å²) in [5, 5.41) is 9.37. The minimum absolute atomic E-state index is 0.0203. The zero-order valence-electron chi connectivity index (χ0n) is 12.7. The Kier molecular flexibility index (Phi) is 4.19. The number of fused-ring (bicyclic) bond motifs is 1. The molecule has 2 unspecified atom stereocenters. The molecule has 0 radical (unpaired) electrons. The highest BCUT2D eigenvalue weighted by molar-refractivity contribution is 5.57. The minimum Gasteiger partial charge on any atom is -0.355 e. The lowest BCUT2D eigenvalue weighted by molar-refractivity contribution is -0.177. The highest BCUT2D eigenvalue weighted by Crippen LogP contribution is 2.39. The molecule has 2 N–H and O–H groups in total. The van der Waals surface area contributed by atoms with E-state index in [1.807, 2.05) is 0 Å². The third-order valence-corrected chi connectivity index (χ3v) is 4.86. The molecule has 0 spiro atoms. The number of nitrogens with zero attached hydrogens (tertiary/aromatic N) is 3. The molecule has 0 saturated carbocycles. The Hall–Kier alpha value is -1.81. The van der Waals surface area contributed by atoms with E-state index in [2.05, 4.69) is 11.1 Å². The van der Waals surface area contributed by atoms with Crippen molar-refractivity contribution < 1.29 is 13.2 Å². The summed E-state index contributed by atoms with van der Waals surface area (Å²) in [7, 11) is 0. The first kappa shape index (κ1) is 16.1. The van der Waals surface area contributed by atoms with Crippen LogP contribution < -0.4 is 10.6 Å². The molecular formula is C16H19F3N4. The van der Waals surface area contributed by atoms with Gasteiger partial charge in [0.2, 0.25) is 0 Å². The average molecular weight is 324 g/mol. The number of halogens is 3. The van der Waals surface area contributed by atoms with Gasteiger partial charge < -0.3 is 10.6 Å². The number of rotatable bonds is 2. The number of pyridine rings is 1. The van der Waals surface area contributed by atoms with Gasteiger partial charge in [-0.25, -0.2) is 4.98 Å². The van der Waals surface area contributed by atoms with Crippen molar-refractivity contribution in [2.75, 3.05) is 24.5 Å². The van der Waals surface area contributed by atoms with E-state index in [1.54, 1.807) is 11.0 Å². The Morgan fingerprint density at radius 3 is 2.65 bits per heavy atom.